The predicted octanol–water partition coefficient (Wildman–Crippen LogP) is 2.40. The van der Waals surface area contributed by atoms with Crippen LogP contribution in [0.3, 0.4) is 0 Å². The number of nitrogens with zero attached hydrogens (tertiary/aromatic N) is 1. The van der Waals surface area contributed by atoms with Crippen molar-refractivity contribution in [2.45, 2.75) is 44.3 Å². The Balaban J connectivity index is 1.38. The van der Waals surface area contributed by atoms with E-state index in [1.165, 1.54) is 6.42 Å². The van der Waals surface area contributed by atoms with Crippen molar-refractivity contribution >= 4 is 5.91 Å². The lowest BCUT2D eigenvalue weighted by molar-refractivity contribution is 0.0931. The molecule has 3 heterocycles. The van der Waals surface area contributed by atoms with Crippen molar-refractivity contribution < 1.29 is 13.9 Å². The molecule has 0 aliphatic carbocycles. The number of fused-ring (bicyclic) bond motifs is 2. The van der Waals surface area contributed by atoms with Crippen molar-refractivity contribution in [3.63, 3.8) is 0 Å². The molecule has 6 nitrogen and oxygen atoms in total. The van der Waals surface area contributed by atoms with Gasteiger partial charge in [0.25, 0.3) is 5.91 Å². The fraction of sp³-hybridized carbons (Fsp3) is 0.412. The molecule has 0 spiro atoms. The van der Waals surface area contributed by atoms with Crippen LogP contribution >= 0.6 is 0 Å². The number of ether oxygens (including phenoxy) is 1. The normalized spacial score (nSPS) is 25.5. The van der Waals surface area contributed by atoms with Gasteiger partial charge in [-0.05, 0) is 50.5 Å². The second-order valence-corrected chi connectivity index (χ2v) is 6.23. The standard InChI is InChI=1S/C17H19N3O3/c1-10-9-18-17(22-10)23-13-5-2-11(3-6-13)16(21)20-15-8-12-4-7-14(15)19-12/h2-3,5-6,9,12,14-15,19H,4,7-8H2,1H3,(H,20,21)/t12-,14+,15-/m1/s1. The van der Waals surface area contributed by atoms with Gasteiger partial charge in [0.05, 0.1) is 6.20 Å². The molecule has 2 aliphatic heterocycles. The Morgan fingerprint density at radius 3 is 2.78 bits per heavy atom. The predicted molar refractivity (Wildman–Crippen MR) is 83.6 cm³/mol. The van der Waals surface area contributed by atoms with Crippen molar-refractivity contribution in [1.82, 2.24) is 15.6 Å². The second kappa shape index (κ2) is 5.70. The van der Waals surface area contributed by atoms with Crippen LogP contribution in [0.4, 0.5) is 0 Å². The molecule has 2 aliphatic rings. The molecule has 1 aromatic heterocycles. The summed E-state index contributed by atoms with van der Waals surface area (Å²) in [5, 5.41) is 6.65. The van der Waals surface area contributed by atoms with Crippen LogP contribution in [0.15, 0.2) is 34.9 Å². The first-order chi connectivity index (χ1) is 11.2. The Kier molecular flexibility index (Phi) is 3.53. The quantitative estimate of drug-likeness (QED) is 0.906. The summed E-state index contributed by atoms with van der Waals surface area (Å²) in [4.78, 5) is 16.3. The third kappa shape index (κ3) is 2.94. The lowest BCUT2D eigenvalue weighted by Crippen LogP contribution is -2.42. The molecule has 0 saturated carbocycles. The van der Waals surface area contributed by atoms with Gasteiger partial charge in [0.2, 0.25) is 0 Å². The summed E-state index contributed by atoms with van der Waals surface area (Å²) in [6.07, 6.45) is 5.20. The van der Waals surface area contributed by atoms with Gasteiger partial charge < -0.3 is 19.8 Å². The number of oxazole rings is 1. The van der Waals surface area contributed by atoms with Crippen molar-refractivity contribution in [1.29, 1.82) is 0 Å². The van der Waals surface area contributed by atoms with Crippen LogP contribution in [0, 0.1) is 6.92 Å². The maximum atomic E-state index is 12.3. The fourth-order valence-electron chi connectivity index (χ4n) is 3.39. The van der Waals surface area contributed by atoms with Crippen LogP contribution in [-0.2, 0) is 0 Å². The molecule has 2 fully saturated rings. The van der Waals surface area contributed by atoms with Gasteiger partial charge in [-0.15, -0.1) is 0 Å². The number of hydrogen-bond donors (Lipinski definition) is 2. The number of hydrogen-bond acceptors (Lipinski definition) is 5. The molecule has 2 aromatic rings. The lowest BCUT2D eigenvalue weighted by Gasteiger charge is -2.21. The van der Waals surface area contributed by atoms with E-state index >= 15 is 0 Å². The number of aromatic nitrogens is 1. The molecule has 4 rings (SSSR count). The Bertz CT molecular complexity index is 710. The summed E-state index contributed by atoms with van der Waals surface area (Å²) in [7, 11) is 0. The van der Waals surface area contributed by atoms with Gasteiger partial charge in [0, 0.05) is 23.7 Å². The summed E-state index contributed by atoms with van der Waals surface area (Å²) in [6, 6.07) is 8.24. The van der Waals surface area contributed by atoms with Gasteiger partial charge in [-0.25, -0.2) is 0 Å². The highest BCUT2D eigenvalue weighted by Crippen LogP contribution is 2.28. The van der Waals surface area contributed by atoms with Crippen LogP contribution in [0.1, 0.15) is 35.4 Å². The number of benzene rings is 1. The summed E-state index contributed by atoms with van der Waals surface area (Å²) < 4.78 is 10.8. The van der Waals surface area contributed by atoms with E-state index in [4.69, 9.17) is 9.15 Å². The number of amides is 1. The summed E-state index contributed by atoms with van der Waals surface area (Å²) >= 11 is 0. The van der Waals surface area contributed by atoms with Crippen molar-refractivity contribution in [3.8, 4) is 11.8 Å². The van der Waals surface area contributed by atoms with E-state index in [0.717, 1.165) is 12.8 Å². The minimum atomic E-state index is -0.0390. The van der Waals surface area contributed by atoms with Gasteiger partial charge in [-0.1, -0.05) is 0 Å². The Labute approximate surface area is 134 Å². The number of aryl methyl sites for hydroxylation is 1. The zero-order chi connectivity index (χ0) is 15.8. The molecule has 6 heteroatoms. The molecular formula is C17H19N3O3. The number of rotatable bonds is 4. The Morgan fingerprint density at radius 2 is 2.17 bits per heavy atom. The molecule has 120 valence electrons. The van der Waals surface area contributed by atoms with Crippen molar-refractivity contribution in [3.05, 3.63) is 41.8 Å². The van der Waals surface area contributed by atoms with E-state index in [1.54, 1.807) is 37.4 Å². The molecule has 0 unspecified atom stereocenters. The van der Waals surface area contributed by atoms with E-state index in [9.17, 15) is 4.79 Å². The number of carbonyl (C=O) groups excluding carboxylic acids is 1. The minimum Gasteiger partial charge on any atom is -0.414 e. The molecule has 2 N–H and O–H groups in total. The summed E-state index contributed by atoms with van der Waals surface area (Å²) in [6.45, 7) is 1.80. The molecule has 1 aromatic carbocycles. The highest BCUT2D eigenvalue weighted by atomic mass is 16.6. The van der Waals surface area contributed by atoms with Crippen LogP contribution in [0.25, 0.3) is 0 Å². The zero-order valence-electron chi connectivity index (χ0n) is 12.9. The Hall–Kier alpha value is -2.34. The van der Waals surface area contributed by atoms with Gasteiger partial charge in [0.1, 0.15) is 11.5 Å². The van der Waals surface area contributed by atoms with Gasteiger partial charge >= 0.3 is 6.08 Å². The molecule has 2 saturated heterocycles. The smallest absolute Gasteiger partial charge is 0.399 e. The molecule has 3 atom stereocenters. The fourth-order valence-corrected chi connectivity index (χ4v) is 3.39. The largest absolute Gasteiger partial charge is 0.414 e. The first-order valence-corrected chi connectivity index (χ1v) is 7.94. The second-order valence-electron chi connectivity index (χ2n) is 6.23. The van der Waals surface area contributed by atoms with E-state index < -0.39 is 0 Å². The van der Waals surface area contributed by atoms with Gasteiger partial charge in [0.15, 0.2) is 0 Å². The highest BCUT2D eigenvalue weighted by molar-refractivity contribution is 5.94. The number of nitrogens with one attached hydrogen (secondary N) is 2. The third-order valence-corrected chi connectivity index (χ3v) is 4.54. The SMILES string of the molecule is Cc1cnc(Oc2ccc(C(=O)N[C@@H]3C[C@H]4CC[C@@H]3N4)cc2)o1. The first kappa shape index (κ1) is 14.3. The first-order valence-electron chi connectivity index (χ1n) is 7.94. The van der Waals surface area contributed by atoms with Crippen molar-refractivity contribution in [2.75, 3.05) is 0 Å². The highest BCUT2D eigenvalue weighted by Gasteiger charge is 2.39. The molecular weight excluding hydrogens is 294 g/mol. The average molecular weight is 313 g/mol. The lowest BCUT2D eigenvalue weighted by atomic mass is 9.95. The zero-order valence-corrected chi connectivity index (χ0v) is 12.9. The maximum Gasteiger partial charge on any atom is 0.399 e. The Morgan fingerprint density at radius 1 is 1.35 bits per heavy atom. The number of carbonyl (C=O) groups is 1. The average Bonchev–Trinajstić information content (AvgIpc) is 3.25. The van der Waals surface area contributed by atoms with Gasteiger partial charge in [-0.2, -0.15) is 4.98 Å². The molecule has 23 heavy (non-hydrogen) atoms. The van der Waals surface area contributed by atoms with E-state index in [-0.39, 0.29) is 18.0 Å². The van der Waals surface area contributed by atoms with Crippen LogP contribution in [0.2, 0.25) is 0 Å². The van der Waals surface area contributed by atoms with Gasteiger partial charge in [-0.3, -0.25) is 4.79 Å². The topological polar surface area (TPSA) is 76.4 Å². The molecule has 2 bridgehead atoms. The molecule has 0 radical (unpaired) electrons. The third-order valence-electron chi connectivity index (χ3n) is 4.54. The summed E-state index contributed by atoms with van der Waals surface area (Å²) in [5.74, 6) is 1.24. The minimum absolute atomic E-state index is 0.0390. The van der Waals surface area contributed by atoms with E-state index in [0.29, 0.717) is 29.2 Å². The summed E-state index contributed by atoms with van der Waals surface area (Å²) in [5.41, 5.74) is 0.628. The molecule has 1 amide bonds. The maximum absolute atomic E-state index is 12.3. The van der Waals surface area contributed by atoms with Crippen molar-refractivity contribution in [2.24, 2.45) is 0 Å². The van der Waals surface area contributed by atoms with Crippen LogP contribution < -0.4 is 15.4 Å². The monoisotopic (exact) mass is 313 g/mol. The van der Waals surface area contributed by atoms with Crippen LogP contribution in [0.5, 0.6) is 11.8 Å². The van der Waals surface area contributed by atoms with E-state index in [2.05, 4.69) is 15.6 Å². The van der Waals surface area contributed by atoms with Crippen LogP contribution in [-0.4, -0.2) is 29.0 Å². The van der Waals surface area contributed by atoms with E-state index in [1.807, 2.05) is 0 Å².